The van der Waals surface area contributed by atoms with Crippen LogP contribution in [0, 0.1) is 6.92 Å². The maximum absolute atomic E-state index is 6.11. The molecule has 3 nitrogen and oxygen atoms in total. The highest BCUT2D eigenvalue weighted by Gasteiger charge is 2.09. The van der Waals surface area contributed by atoms with Crippen molar-refractivity contribution in [2.45, 2.75) is 20.4 Å². The van der Waals surface area contributed by atoms with Gasteiger partial charge in [-0.15, -0.1) is 0 Å². The van der Waals surface area contributed by atoms with E-state index >= 15 is 0 Å². The lowest BCUT2D eigenvalue weighted by Crippen LogP contribution is -2.01. The predicted octanol–water partition coefficient (Wildman–Crippen LogP) is 4.92. The quantitative estimate of drug-likeness (QED) is 0.816. The summed E-state index contributed by atoms with van der Waals surface area (Å²) in [7, 11) is 0. The Bertz CT molecular complexity index is 578. The van der Waals surface area contributed by atoms with Gasteiger partial charge in [0, 0.05) is 12.7 Å². The molecule has 0 spiro atoms. The second kappa shape index (κ2) is 5.39. The Morgan fingerprint density at radius 2 is 1.83 bits per heavy atom. The molecule has 0 fully saturated rings. The summed E-state index contributed by atoms with van der Waals surface area (Å²) in [5.41, 5.74) is 1.63. The van der Waals surface area contributed by atoms with Crippen LogP contribution >= 0.6 is 34.8 Å². The fourth-order valence-corrected chi connectivity index (χ4v) is 2.22. The molecular weight excluding hydrogens is 293 g/mol. The van der Waals surface area contributed by atoms with Crippen molar-refractivity contribution in [3.63, 3.8) is 0 Å². The number of nitrogens with zero attached hydrogens (tertiary/aromatic N) is 2. The number of imidazole rings is 1. The Balaban J connectivity index is 2.36. The van der Waals surface area contributed by atoms with Gasteiger partial charge in [-0.25, -0.2) is 4.98 Å². The van der Waals surface area contributed by atoms with Crippen molar-refractivity contribution in [3.8, 4) is 0 Å². The summed E-state index contributed by atoms with van der Waals surface area (Å²) in [5.74, 6) is 0.732. The number of aryl methyl sites for hydroxylation is 2. The lowest BCUT2D eigenvalue weighted by molar-refractivity contribution is 0.771. The van der Waals surface area contributed by atoms with Gasteiger partial charge in [-0.1, -0.05) is 34.8 Å². The second-order valence-electron chi connectivity index (χ2n) is 3.86. The highest BCUT2D eigenvalue weighted by Crippen LogP contribution is 2.33. The van der Waals surface area contributed by atoms with E-state index in [0.29, 0.717) is 20.8 Å². The Morgan fingerprint density at radius 1 is 1.17 bits per heavy atom. The molecule has 1 aromatic heterocycles. The molecule has 0 unspecified atom stereocenters. The molecule has 96 valence electrons. The molecule has 0 aliphatic carbocycles. The molecule has 0 saturated heterocycles. The smallest absolute Gasteiger partial charge is 0.207 e. The number of anilines is 2. The highest BCUT2D eigenvalue weighted by atomic mass is 35.5. The Labute approximate surface area is 121 Å². The van der Waals surface area contributed by atoms with Crippen molar-refractivity contribution >= 4 is 46.4 Å². The summed E-state index contributed by atoms with van der Waals surface area (Å²) in [5, 5.41) is 4.55. The molecule has 2 rings (SSSR count). The Morgan fingerprint density at radius 3 is 2.50 bits per heavy atom. The largest absolute Gasteiger partial charge is 0.324 e. The van der Waals surface area contributed by atoms with Crippen molar-refractivity contribution in [3.05, 3.63) is 39.1 Å². The van der Waals surface area contributed by atoms with E-state index in [1.165, 1.54) is 0 Å². The van der Waals surface area contributed by atoms with Crippen LogP contribution in [0.2, 0.25) is 15.1 Å². The van der Waals surface area contributed by atoms with Crippen LogP contribution in [0.1, 0.15) is 12.6 Å². The molecule has 1 aromatic carbocycles. The van der Waals surface area contributed by atoms with E-state index in [1.807, 2.05) is 24.6 Å². The molecule has 18 heavy (non-hydrogen) atoms. The zero-order chi connectivity index (χ0) is 13.3. The number of nitrogens with one attached hydrogen (secondary N) is 1. The number of halogens is 3. The lowest BCUT2D eigenvalue weighted by atomic mass is 10.3. The zero-order valence-corrected chi connectivity index (χ0v) is 12.2. The van der Waals surface area contributed by atoms with Crippen LogP contribution in [0.5, 0.6) is 0 Å². The standard InChI is InChI=1S/C12H12Cl3N3/c1-3-18-6-7(2)16-12(18)17-11-5-9(14)8(13)4-10(11)15/h4-6H,3H2,1-2H3,(H,16,17). The average Bonchev–Trinajstić information content (AvgIpc) is 2.66. The minimum Gasteiger partial charge on any atom is -0.324 e. The van der Waals surface area contributed by atoms with Crippen LogP contribution < -0.4 is 5.32 Å². The third-order valence-electron chi connectivity index (χ3n) is 2.49. The summed E-state index contributed by atoms with van der Waals surface area (Å²) >= 11 is 18.0. The second-order valence-corrected chi connectivity index (χ2v) is 5.08. The van der Waals surface area contributed by atoms with E-state index in [9.17, 15) is 0 Å². The van der Waals surface area contributed by atoms with Gasteiger partial charge in [0.15, 0.2) is 0 Å². The number of aromatic nitrogens is 2. The molecule has 0 amide bonds. The summed E-state index contributed by atoms with van der Waals surface area (Å²) in [4.78, 5) is 4.39. The van der Waals surface area contributed by atoms with Gasteiger partial charge in [-0.2, -0.15) is 0 Å². The van der Waals surface area contributed by atoms with Gasteiger partial charge in [0.25, 0.3) is 0 Å². The first-order chi connectivity index (χ1) is 8.51. The van der Waals surface area contributed by atoms with Crippen LogP contribution in [0.25, 0.3) is 0 Å². The van der Waals surface area contributed by atoms with Gasteiger partial charge in [0.05, 0.1) is 26.4 Å². The maximum atomic E-state index is 6.11. The van der Waals surface area contributed by atoms with Gasteiger partial charge in [0.1, 0.15) is 0 Å². The van der Waals surface area contributed by atoms with Crippen molar-refractivity contribution in [1.82, 2.24) is 9.55 Å². The molecule has 2 aromatic rings. The SMILES string of the molecule is CCn1cc(C)nc1Nc1cc(Cl)c(Cl)cc1Cl. The minimum absolute atomic E-state index is 0.433. The summed E-state index contributed by atoms with van der Waals surface area (Å²) < 4.78 is 1.99. The minimum atomic E-state index is 0.433. The number of benzene rings is 1. The molecule has 0 aliphatic rings. The van der Waals surface area contributed by atoms with Gasteiger partial charge in [-0.05, 0) is 26.0 Å². The van der Waals surface area contributed by atoms with Crippen molar-refractivity contribution < 1.29 is 0 Å². The molecule has 0 saturated carbocycles. The number of rotatable bonds is 3. The number of hydrogen-bond donors (Lipinski definition) is 1. The van der Waals surface area contributed by atoms with Crippen molar-refractivity contribution in [2.75, 3.05) is 5.32 Å². The van der Waals surface area contributed by atoms with Gasteiger partial charge < -0.3 is 9.88 Å². The first-order valence-corrected chi connectivity index (χ1v) is 6.60. The Hall–Kier alpha value is -0.900. The molecule has 0 radical (unpaired) electrons. The van der Waals surface area contributed by atoms with Crippen molar-refractivity contribution in [2.24, 2.45) is 0 Å². The molecule has 1 heterocycles. The molecular formula is C12H12Cl3N3. The van der Waals surface area contributed by atoms with Crippen LogP contribution in [-0.2, 0) is 6.54 Å². The van der Waals surface area contributed by atoms with E-state index in [4.69, 9.17) is 34.8 Å². The number of hydrogen-bond acceptors (Lipinski definition) is 2. The maximum Gasteiger partial charge on any atom is 0.207 e. The van der Waals surface area contributed by atoms with E-state index in [2.05, 4.69) is 10.3 Å². The molecule has 0 atom stereocenters. The molecule has 0 aliphatic heterocycles. The normalized spacial score (nSPS) is 10.7. The van der Waals surface area contributed by atoms with Gasteiger partial charge in [-0.3, -0.25) is 0 Å². The molecule has 6 heteroatoms. The summed E-state index contributed by atoms with van der Waals surface area (Å²) in [6, 6.07) is 3.30. The average molecular weight is 305 g/mol. The zero-order valence-electron chi connectivity index (χ0n) is 9.97. The van der Waals surface area contributed by atoms with Gasteiger partial charge >= 0.3 is 0 Å². The van der Waals surface area contributed by atoms with Crippen LogP contribution in [0.15, 0.2) is 18.3 Å². The predicted molar refractivity (Wildman–Crippen MR) is 77.4 cm³/mol. The van der Waals surface area contributed by atoms with E-state index in [1.54, 1.807) is 12.1 Å². The van der Waals surface area contributed by atoms with Gasteiger partial charge in [0.2, 0.25) is 5.95 Å². The fraction of sp³-hybridized carbons (Fsp3) is 0.250. The van der Waals surface area contributed by atoms with E-state index < -0.39 is 0 Å². The first-order valence-electron chi connectivity index (χ1n) is 5.46. The monoisotopic (exact) mass is 303 g/mol. The lowest BCUT2D eigenvalue weighted by Gasteiger charge is -2.10. The third kappa shape index (κ3) is 2.74. The topological polar surface area (TPSA) is 29.9 Å². The van der Waals surface area contributed by atoms with E-state index in [0.717, 1.165) is 18.2 Å². The summed E-state index contributed by atoms with van der Waals surface area (Å²) in [6.07, 6.45) is 1.97. The first kappa shape index (κ1) is 13.5. The van der Waals surface area contributed by atoms with Crippen molar-refractivity contribution in [1.29, 1.82) is 0 Å². The molecule has 0 bridgehead atoms. The third-order valence-corrected chi connectivity index (χ3v) is 3.53. The van der Waals surface area contributed by atoms with Crippen LogP contribution in [0.3, 0.4) is 0 Å². The van der Waals surface area contributed by atoms with Crippen LogP contribution in [-0.4, -0.2) is 9.55 Å². The highest BCUT2D eigenvalue weighted by molar-refractivity contribution is 6.44. The van der Waals surface area contributed by atoms with E-state index in [-0.39, 0.29) is 0 Å². The fourth-order valence-electron chi connectivity index (χ4n) is 1.63. The Kier molecular flexibility index (Phi) is 4.05. The summed E-state index contributed by atoms with van der Waals surface area (Å²) in [6.45, 7) is 4.80. The van der Waals surface area contributed by atoms with Crippen LogP contribution in [0.4, 0.5) is 11.6 Å². The molecule has 1 N–H and O–H groups in total.